The van der Waals surface area contributed by atoms with Crippen LogP contribution in [0.25, 0.3) is 17.0 Å². The number of amides is 1. The first-order chi connectivity index (χ1) is 14.7. The molecule has 0 unspecified atom stereocenters. The van der Waals surface area contributed by atoms with Gasteiger partial charge in [-0.15, -0.1) is 10.2 Å². The number of para-hydroxylation sites is 1. The van der Waals surface area contributed by atoms with E-state index in [2.05, 4.69) is 27.2 Å². The monoisotopic (exact) mass is 417 g/mol. The van der Waals surface area contributed by atoms with Crippen LogP contribution in [-0.2, 0) is 0 Å². The second-order valence-corrected chi connectivity index (χ2v) is 7.73. The van der Waals surface area contributed by atoms with Gasteiger partial charge in [0.15, 0.2) is 11.5 Å². The number of anilines is 1. The fourth-order valence-corrected chi connectivity index (χ4v) is 3.93. The van der Waals surface area contributed by atoms with Crippen molar-refractivity contribution in [2.24, 2.45) is 0 Å². The number of hydrogen-bond donors (Lipinski definition) is 0. The van der Waals surface area contributed by atoms with Crippen molar-refractivity contribution >= 4 is 28.8 Å². The van der Waals surface area contributed by atoms with Crippen molar-refractivity contribution < 1.29 is 4.79 Å². The number of halogens is 1. The van der Waals surface area contributed by atoms with E-state index in [0.29, 0.717) is 29.3 Å². The number of rotatable bonds is 3. The fourth-order valence-electron chi connectivity index (χ4n) is 3.81. The maximum atomic E-state index is 13.0. The van der Waals surface area contributed by atoms with Gasteiger partial charge in [0.1, 0.15) is 0 Å². The molecule has 2 aromatic heterocycles. The van der Waals surface area contributed by atoms with Gasteiger partial charge in [-0.05, 0) is 48.5 Å². The Morgan fingerprint density at radius 1 is 0.867 bits per heavy atom. The van der Waals surface area contributed by atoms with Crippen LogP contribution in [0.2, 0.25) is 5.02 Å². The van der Waals surface area contributed by atoms with Gasteiger partial charge in [-0.2, -0.15) is 0 Å². The Kier molecular flexibility index (Phi) is 4.85. The van der Waals surface area contributed by atoms with E-state index in [-0.39, 0.29) is 5.91 Å². The molecule has 1 aliphatic rings. The van der Waals surface area contributed by atoms with Crippen LogP contribution < -0.4 is 4.90 Å². The molecule has 0 spiro atoms. The van der Waals surface area contributed by atoms with E-state index in [0.717, 1.165) is 24.5 Å². The summed E-state index contributed by atoms with van der Waals surface area (Å²) in [5.74, 6) is 0.749. The molecule has 1 fully saturated rings. The lowest BCUT2D eigenvalue weighted by atomic mass is 10.2. The van der Waals surface area contributed by atoms with Crippen molar-refractivity contribution in [2.75, 3.05) is 31.1 Å². The number of piperazine rings is 1. The first kappa shape index (κ1) is 18.6. The molecule has 7 heteroatoms. The minimum atomic E-state index is 0.0289. The molecule has 30 heavy (non-hydrogen) atoms. The summed E-state index contributed by atoms with van der Waals surface area (Å²) in [6.07, 6.45) is 1.85. The van der Waals surface area contributed by atoms with Crippen LogP contribution in [0.4, 0.5) is 5.69 Å². The molecule has 5 rings (SSSR count). The topological polar surface area (TPSA) is 53.7 Å². The molecule has 0 radical (unpaired) electrons. The molecule has 1 aliphatic heterocycles. The third-order valence-electron chi connectivity index (χ3n) is 5.45. The van der Waals surface area contributed by atoms with Gasteiger partial charge in [0.25, 0.3) is 5.91 Å². The van der Waals surface area contributed by atoms with E-state index in [1.807, 2.05) is 64.0 Å². The summed E-state index contributed by atoms with van der Waals surface area (Å²) in [6, 6.07) is 21.4. The second-order valence-electron chi connectivity index (χ2n) is 7.29. The Morgan fingerprint density at radius 2 is 1.60 bits per heavy atom. The average Bonchev–Trinajstić information content (AvgIpc) is 3.23. The number of aromatic nitrogens is 3. The quantitative estimate of drug-likeness (QED) is 0.505. The van der Waals surface area contributed by atoms with Crippen molar-refractivity contribution in [3.63, 3.8) is 0 Å². The van der Waals surface area contributed by atoms with Crippen LogP contribution in [-0.4, -0.2) is 51.6 Å². The van der Waals surface area contributed by atoms with E-state index in [1.165, 1.54) is 5.69 Å². The number of nitrogens with zero attached hydrogens (tertiary/aromatic N) is 5. The van der Waals surface area contributed by atoms with Gasteiger partial charge in [-0.3, -0.25) is 9.20 Å². The Labute approximate surface area is 179 Å². The van der Waals surface area contributed by atoms with Gasteiger partial charge >= 0.3 is 0 Å². The molecule has 6 nitrogen and oxygen atoms in total. The molecule has 0 saturated carbocycles. The molecule has 0 aliphatic carbocycles. The summed E-state index contributed by atoms with van der Waals surface area (Å²) >= 11 is 5.98. The van der Waals surface area contributed by atoms with Gasteiger partial charge in [0, 0.05) is 54.2 Å². The first-order valence-electron chi connectivity index (χ1n) is 9.89. The number of pyridine rings is 1. The minimum Gasteiger partial charge on any atom is -0.368 e. The Morgan fingerprint density at radius 3 is 2.33 bits per heavy atom. The number of carbonyl (C=O) groups excluding carboxylic acids is 1. The third kappa shape index (κ3) is 3.50. The molecule has 0 N–H and O–H groups in total. The highest BCUT2D eigenvalue weighted by molar-refractivity contribution is 6.30. The molecule has 4 aromatic rings. The Bertz CT molecular complexity index is 1180. The van der Waals surface area contributed by atoms with Crippen molar-refractivity contribution in [2.45, 2.75) is 0 Å². The average molecular weight is 418 g/mol. The summed E-state index contributed by atoms with van der Waals surface area (Å²) in [4.78, 5) is 17.3. The molecular formula is C23H20ClN5O. The zero-order valence-electron chi connectivity index (χ0n) is 16.3. The predicted molar refractivity (Wildman–Crippen MR) is 118 cm³/mol. The van der Waals surface area contributed by atoms with Crippen LogP contribution in [0.3, 0.4) is 0 Å². The number of hydrogen-bond acceptors (Lipinski definition) is 4. The number of benzene rings is 2. The van der Waals surface area contributed by atoms with E-state index in [9.17, 15) is 4.79 Å². The van der Waals surface area contributed by atoms with Crippen LogP contribution >= 0.6 is 11.6 Å². The van der Waals surface area contributed by atoms with Crippen LogP contribution in [0.15, 0.2) is 72.9 Å². The van der Waals surface area contributed by atoms with E-state index in [1.54, 1.807) is 6.07 Å². The first-order valence-corrected chi connectivity index (χ1v) is 10.3. The molecule has 0 bridgehead atoms. The fraction of sp³-hybridized carbons (Fsp3) is 0.174. The highest BCUT2D eigenvalue weighted by atomic mass is 35.5. The Balaban J connectivity index is 1.33. The zero-order valence-corrected chi connectivity index (χ0v) is 17.0. The molecule has 150 valence electrons. The van der Waals surface area contributed by atoms with Crippen LogP contribution in [0, 0.1) is 0 Å². The highest BCUT2D eigenvalue weighted by Gasteiger charge is 2.23. The van der Waals surface area contributed by atoms with Gasteiger partial charge in [-0.1, -0.05) is 29.8 Å². The van der Waals surface area contributed by atoms with Crippen molar-refractivity contribution in [3.8, 4) is 11.4 Å². The lowest BCUT2D eigenvalue weighted by Gasteiger charge is -2.36. The van der Waals surface area contributed by atoms with Gasteiger partial charge < -0.3 is 9.80 Å². The Hall–Kier alpha value is -3.38. The summed E-state index contributed by atoms with van der Waals surface area (Å²) in [7, 11) is 0. The largest absolute Gasteiger partial charge is 0.368 e. The zero-order chi connectivity index (χ0) is 20.5. The van der Waals surface area contributed by atoms with Gasteiger partial charge in [0.2, 0.25) is 0 Å². The third-order valence-corrected chi connectivity index (χ3v) is 5.70. The number of fused-ring (bicyclic) bond motifs is 1. The summed E-state index contributed by atoms with van der Waals surface area (Å²) in [6.45, 7) is 3.04. The molecule has 1 saturated heterocycles. The second kappa shape index (κ2) is 7.80. The summed E-state index contributed by atoms with van der Waals surface area (Å²) in [5.41, 5.74) is 3.40. The maximum absolute atomic E-state index is 13.0. The van der Waals surface area contributed by atoms with Gasteiger partial charge in [0.05, 0.1) is 0 Å². The normalized spacial score (nSPS) is 14.3. The summed E-state index contributed by atoms with van der Waals surface area (Å²) < 4.78 is 1.88. The molecule has 1 amide bonds. The van der Waals surface area contributed by atoms with Crippen molar-refractivity contribution in [3.05, 3.63) is 83.5 Å². The van der Waals surface area contributed by atoms with Crippen molar-refractivity contribution in [1.82, 2.24) is 19.5 Å². The van der Waals surface area contributed by atoms with Crippen LogP contribution in [0.5, 0.6) is 0 Å². The lowest BCUT2D eigenvalue weighted by Crippen LogP contribution is -2.48. The van der Waals surface area contributed by atoms with E-state index >= 15 is 0 Å². The van der Waals surface area contributed by atoms with E-state index < -0.39 is 0 Å². The summed E-state index contributed by atoms with van der Waals surface area (Å²) in [5, 5.41) is 9.22. The van der Waals surface area contributed by atoms with Crippen molar-refractivity contribution in [1.29, 1.82) is 0 Å². The smallest absolute Gasteiger partial charge is 0.254 e. The minimum absolute atomic E-state index is 0.0289. The predicted octanol–water partition coefficient (Wildman–Crippen LogP) is 4.01. The molecule has 2 aromatic carbocycles. The maximum Gasteiger partial charge on any atom is 0.254 e. The highest BCUT2D eigenvalue weighted by Crippen LogP contribution is 2.22. The SMILES string of the molecule is O=C(c1ccn2c(-c3ccc(Cl)cc3)nnc2c1)N1CCN(c2ccccc2)CC1. The molecule has 3 heterocycles. The van der Waals surface area contributed by atoms with Crippen LogP contribution in [0.1, 0.15) is 10.4 Å². The standard InChI is InChI=1S/C23H20ClN5O/c24-19-8-6-17(7-9-19)22-26-25-21-16-18(10-11-29(21)22)23(30)28-14-12-27(13-15-28)20-4-2-1-3-5-20/h1-11,16H,12-15H2. The molecule has 0 atom stereocenters. The molecular weight excluding hydrogens is 398 g/mol. The lowest BCUT2D eigenvalue weighted by molar-refractivity contribution is 0.0747. The number of carbonyl (C=O) groups is 1. The van der Waals surface area contributed by atoms with E-state index in [4.69, 9.17) is 11.6 Å². The van der Waals surface area contributed by atoms with Gasteiger partial charge in [-0.25, -0.2) is 0 Å².